The molecule has 0 aliphatic heterocycles. The van der Waals surface area contributed by atoms with E-state index in [0.717, 1.165) is 16.8 Å². The summed E-state index contributed by atoms with van der Waals surface area (Å²) in [4.78, 5) is 15.9. The topological polar surface area (TPSA) is 54.4 Å². The van der Waals surface area contributed by atoms with Crippen molar-refractivity contribution in [1.29, 1.82) is 0 Å². The van der Waals surface area contributed by atoms with E-state index in [-0.39, 0.29) is 5.91 Å². The average Bonchev–Trinajstić information content (AvgIpc) is 2.49. The summed E-state index contributed by atoms with van der Waals surface area (Å²) < 4.78 is 0. The molecule has 0 radical (unpaired) electrons. The van der Waals surface area contributed by atoms with Gasteiger partial charge in [0, 0.05) is 11.9 Å². The van der Waals surface area contributed by atoms with Crippen molar-refractivity contribution < 1.29 is 4.79 Å². The van der Waals surface area contributed by atoms with Gasteiger partial charge in [-0.15, -0.1) is 0 Å². The number of benzene rings is 1. The normalized spacial score (nSPS) is 11.6. The van der Waals surface area contributed by atoms with Crippen molar-refractivity contribution in [3.8, 4) is 0 Å². The largest absolute Gasteiger partial charge is 0.272 e. The molecule has 106 valence electrons. The minimum Gasteiger partial charge on any atom is -0.267 e. The van der Waals surface area contributed by atoms with E-state index in [0.29, 0.717) is 5.56 Å². The minimum absolute atomic E-state index is 0.272. The number of hydrogen-bond acceptors (Lipinski definition) is 3. The van der Waals surface area contributed by atoms with Gasteiger partial charge in [-0.1, -0.05) is 36.4 Å². The highest BCUT2D eigenvalue weighted by Gasteiger charge is 2.03. The Morgan fingerprint density at radius 2 is 1.95 bits per heavy atom. The standard InChI is InChI=1S/C17H17N3O/c1-13(10-15-6-4-3-5-7-15)11-19-20-17(21)16-9-8-14(2)18-12-16/h3-12H,1-2H3,(H,20,21)/b13-10+,19-11+. The van der Waals surface area contributed by atoms with Gasteiger partial charge in [0.15, 0.2) is 0 Å². The van der Waals surface area contributed by atoms with Crippen molar-refractivity contribution in [3.63, 3.8) is 0 Å². The molecule has 0 aliphatic carbocycles. The number of hydrogen-bond donors (Lipinski definition) is 1. The highest BCUT2D eigenvalue weighted by atomic mass is 16.2. The second-order valence-corrected chi connectivity index (χ2v) is 4.69. The molecule has 0 bridgehead atoms. The predicted octanol–water partition coefficient (Wildman–Crippen LogP) is 3.21. The molecule has 1 amide bonds. The Morgan fingerprint density at radius 1 is 1.19 bits per heavy atom. The lowest BCUT2D eigenvalue weighted by atomic mass is 10.1. The zero-order valence-electron chi connectivity index (χ0n) is 12.1. The predicted molar refractivity (Wildman–Crippen MR) is 85.0 cm³/mol. The Kier molecular flexibility index (Phi) is 4.99. The molecule has 2 rings (SSSR count). The van der Waals surface area contributed by atoms with E-state index in [2.05, 4.69) is 15.5 Å². The van der Waals surface area contributed by atoms with Crippen LogP contribution in [0.4, 0.5) is 0 Å². The fraction of sp³-hybridized carbons (Fsp3) is 0.118. The van der Waals surface area contributed by atoms with E-state index in [1.54, 1.807) is 18.3 Å². The quantitative estimate of drug-likeness (QED) is 0.690. The van der Waals surface area contributed by atoms with Crippen molar-refractivity contribution in [2.45, 2.75) is 13.8 Å². The lowest BCUT2D eigenvalue weighted by molar-refractivity contribution is 0.0955. The minimum atomic E-state index is -0.272. The molecule has 0 unspecified atom stereocenters. The number of carbonyl (C=O) groups is 1. The van der Waals surface area contributed by atoms with Crippen molar-refractivity contribution >= 4 is 18.2 Å². The van der Waals surface area contributed by atoms with Crippen LogP contribution in [0.5, 0.6) is 0 Å². The van der Waals surface area contributed by atoms with Gasteiger partial charge >= 0.3 is 0 Å². The van der Waals surface area contributed by atoms with Crippen LogP contribution in [0.3, 0.4) is 0 Å². The maximum Gasteiger partial charge on any atom is 0.272 e. The van der Waals surface area contributed by atoms with E-state index in [4.69, 9.17) is 0 Å². The highest BCUT2D eigenvalue weighted by molar-refractivity contribution is 5.94. The first kappa shape index (κ1) is 14.7. The number of aryl methyl sites for hydroxylation is 1. The fourth-order valence-corrected chi connectivity index (χ4v) is 1.71. The van der Waals surface area contributed by atoms with Crippen molar-refractivity contribution in [3.05, 3.63) is 71.1 Å². The molecule has 21 heavy (non-hydrogen) atoms. The molecule has 0 saturated heterocycles. The Morgan fingerprint density at radius 3 is 2.62 bits per heavy atom. The van der Waals surface area contributed by atoms with Gasteiger partial charge in [-0.3, -0.25) is 9.78 Å². The molecule has 1 aromatic heterocycles. The molecule has 0 aliphatic rings. The van der Waals surface area contributed by atoms with Crippen LogP contribution in [-0.2, 0) is 0 Å². The summed E-state index contributed by atoms with van der Waals surface area (Å²) in [5, 5.41) is 3.95. The van der Waals surface area contributed by atoms with Crippen molar-refractivity contribution in [2.75, 3.05) is 0 Å². The molecular formula is C17H17N3O. The van der Waals surface area contributed by atoms with Crippen LogP contribution in [0.25, 0.3) is 6.08 Å². The Labute approximate surface area is 124 Å². The van der Waals surface area contributed by atoms with Gasteiger partial charge in [-0.2, -0.15) is 5.10 Å². The summed E-state index contributed by atoms with van der Waals surface area (Å²) in [5.74, 6) is -0.272. The molecule has 4 nitrogen and oxygen atoms in total. The number of hydrazone groups is 1. The van der Waals surface area contributed by atoms with E-state index >= 15 is 0 Å². The second-order valence-electron chi connectivity index (χ2n) is 4.69. The zero-order chi connectivity index (χ0) is 15.1. The third kappa shape index (κ3) is 4.69. The molecule has 0 saturated carbocycles. The average molecular weight is 279 g/mol. The third-order valence-corrected chi connectivity index (χ3v) is 2.80. The SMILES string of the molecule is CC(/C=N/NC(=O)c1ccc(C)nc1)=C\c1ccccc1. The van der Waals surface area contributed by atoms with Crippen LogP contribution in [0.15, 0.2) is 59.3 Å². The molecule has 4 heteroatoms. The summed E-state index contributed by atoms with van der Waals surface area (Å²) in [5.41, 5.74) is 5.89. The molecule has 1 aromatic carbocycles. The van der Waals surface area contributed by atoms with E-state index in [1.165, 1.54) is 6.20 Å². The number of nitrogens with one attached hydrogen (secondary N) is 1. The molecule has 1 heterocycles. The number of carbonyl (C=O) groups excluding carboxylic acids is 1. The lowest BCUT2D eigenvalue weighted by Crippen LogP contribution is -2.17. The molecule has 0 atom stereocenters. The van der Waals surface area contributed by atoms with Gasteiger partial charge in [0.05, 0.1) is 11.8 Å². The first-order valence-corrected chi connectivity index (χ1v) is 6.64. The van der Waals surface area contributed by atoms with E-state index < -0.39 is 0 Å². The van der Waals surface area contributed by atoms with Crippen molar-refractivity contribution in [1.82, 2.24) is 10.4 Å². The number of allylic oxidation sites excluding steroid dienone is 1. The Bertz CT molecular complexity index is 658. The first-order chi connectivity index (χ1) is 10.1. The van der Waals surface area contributed by atoms with Crippen molar-refractivity contribution in [2.24, 2.45) is 5.10 Å². The smallest absolute Gasteiger partial charge is 0.267 e. The molecule has 0 fully saturated rings. The van der Waals surface area contributed by atoms with Crippen LogP contribution >= 0.6 is 0 Å². The summed E-state index contributed by atoms with van der Waals surface area (Å²) in [6.07, 6.45) is 5.14. The van der Waals surface area contributed by atoms with Gasteiger partial charge in [0.25, 0.3) is 5.91 Å². The third-order valence-electron chi connectivity index (χ3n) is 2.80. The van der Waals surface area contributed by atoms with Gasteiger partial charge < -0.3 is 0 Å². The number of pyridine rings is 1. The van der Waals surface area contributed by atoms with Crippen LogP contribution in [0.2, 0.25) is 0 Å². The van der Waals surface area contributed by atoms with E-state index in [1.807, 2.05) is 50.3 Å². The first-order valence-electron chi connectivity index (χ1n) is 6.64. The monoisotopic (exact) mass is 279 g/mol. The number of nitrogens with zero attached hydrogens (tertiary/aromatic N) is 2. The van der Waals surface area contributed by atoms with Crippen LogP contribution < -0.4 is 5.43 Å². The van der Waals surface area contributed by atoms with Gasteiger partial charge in [-0.25, -0.2) is 5.43 Å². The Balaban J connectivity index is 1.94. The van der Waals surface area contributed by atoms with Crippen LogP contribution in [0.1, 0.15) is 28.5 Å². The van der Waals surface area contributed by atoms with Gasteiger partial charge in [0.2, 0.25) is 0 Å². The number of amides is 1. The van der Waals surface area contributed by atoms with Crippen LogP contribution in [-0.4, -0.2) is 17.1 Å². The lowest BCUT2D eigenvalue weighted by Gasteiger charge is -2.00. The molecular weight excluding hydrogens is 262 g/mol. The molecule has 2 aromatic rings. The summed E-state index contributed by atoms with van der Waals surface area (Å²) in [7, 11) is 0. The molecule has 0 spiro atoms. The number of rotatable bonds is 4. The molecule has 1 N–H and O–H groups in total. The summed E-state index contributed by atoms with van der Waals surface area (Å²) in [6.45, 7) is 3.80. The fourth-order valence-electron chi connectivity index (χ4n) is 1.71. The highest BCUT2D eigenvalue weighted by Crippen LogP contribution is 2.04. The zero-order valence-corrected chi connectivity index (χ0v) is 12.1. The van der Waals surface area contributed by atoms with Gasteiger partial charge in [0.1, 0.15) is 0 Å². The maximum absolute atomic E-state index is 11.8. The summed E-state index contributed by atoms with van der Waals surface area (Å²) in [6, 6.07) is 13.4. The second kappa shape index (κ2) is 7.14. The van der Waals surface area contributed by atoms with E-state index in [9.17, 15) is 4.79 Å². The summed E-state index contributed by atoms with van der Waals surface area (Å²) >= 11 is 0. The van der Waals surface area contributed by atoms with Gasteiger partial charge in [-0.05, 0) is 37.1 Å². The van der Waals surface area contributed by atoms with Crippen LogP contribution in [0, 0.1) is 6.92 Å². The number of aromatic nitrogens is 1. The Hall–Kier alpha value is -2.75. The maximum atomic E-state index is 11.8.